The highest BCUT2D eigenvalue weighted by atomic mass is 16.5. The summed E-state index contributed by atoms with van der Waals surface area (Å²) < 4.78 is 5.21. The minimum Gasteiger partial charge on any atom is -0.352 e. The number of carbonyl (C=O) groups is 1. The molecule has 2 heterocycles. The highest BCUT2D eigenvalue weighted by Crippen LogP contribution is 2.16. The number of nitrogens with zero attached hydrogens (tertiary/aromatic N) is 3. The Hall–Kier alpha value is -3.02. The van der Waals surface area contributed by atoms with E-state index in [2.05, 4.69) is 20.4 Å². The van der Waals surface area contributed by atoms with E-state index in [1.54, 1.807) is 12.4 Å². The predicted molar refractivity (Wildman–Crippen MR) is 88.9 cm³/mol. The predicted octanol–water partition coefficient (Wildman–Crippen LogP) is 2.69. The lowest BCUT2D eigenvalue weighted by Gasteiger charge is -2.03. The van der Waals surface area contributed by atoms with Gasteiger partial charge in [-0.3, -0.25) is 9.78 Å². The third-order valence-corrected chi connectivity index (χ3v) is 3.58. The summed E-state index contributed by atoms with van der Waals surface area (Å²) in [4.78, 5) is 20.2. The van der Waals surface area contributed by atoms with Crippen molar-refractivity contribution in [1.29, 1.82) is 0 Å². The lowest BCUT2D eigenvalue weighted by atomic mass is 10.1. The average molecular weight is 322 g/mol. The molecule has 24 heavy (non-hydrogen) atoms. The third-order valence-electron chi connectivity index (χ3n) is 3.58. The van der Waals surface area contributed by atoms with Gasteiger partial charge >= 0.3 is 0 Å². The van der Waals surface area contributed by atoms with Crippen LogP contribution in [0.5, 0.6) is 0 Å². The first-order chi connectivity index (χ1) is 11.7. The van der Waals surface area contributed by atoms with Gasteiger partial charge in [0.25, 0.3) is 0 Å². The van der Waals surface area contributed by atoms with Gasteiger partial charge in [-0.2, -0.15) is 4.98 Å². The zero-order valence-corrected chi connectivity index (χ0v) is 13.4. The summed E-state index contributed by atoms with van der Waals surface area (Å²) in [5, 5.41) is 6.82. The first kappa shape index (κ1) is 15.9. The molecule has 0 saturated heterocycles. The molecule has 0 atom stereocenters. The van der Waals surface area contributed by atoms with Crippen molar-refractivity contribution in [1.82, 2.24) is 20.4 Å². The number of amides is 1. The fraction of sp³-hybridized carbons (Fsp3) is 0.222. The molecule has 6 nitrogen and oxygen atoms in total. The maximum atomic E-state index is 11.9. The van der Waals surface area contributed by atoms with Crippen LogP contribution in [0.4, 0.5) is 0 Å². The fourth-order valence-corrected chi connectivity index (χ4v) is 2.19. The molecule has 0 spiro atoms. The van der Waals surface area contributed by atoms with Gasteiger partial charge in [0.05, 0.1) is 0 Å². The molecule has 0 radical (unpaired) electrons. The van der Waals surface area contributed by atoms with Gasteiger partial charge in [-0.15, -0.1) is 0 Å². The van der Waals surface area contributed by atoms with E-state index in [-0.39, 0.29) is 5.91 Å². The van der Waals surface area contributed by atoms with Gasteiger partial charge in [0, 0.05) is 37.3 Å². The second-order valence-corrected chi connectivity index (χ2v) is 5.51. The number of carbonyl (C=O) groups excluding carboxylic acids is 1. The lowest BCUT2D eigenvalue weighted by Crippen LogP contribution is -2.23. The van der Waals surface area contributed by atoms with Crippen molar-refractivity contribution in [3.63, 3.8) is 0 Å². The Morgan fingerprint density at radius 3 is 2.62 bits per heavy atom. The van der Waals surface area contributed by atoms with E-state index in [0.29, 0.717) is 31.1 Å². The summed E-state index contributed by atoms with van der Waals surface area (Å²) in [5.74, 6) is 0.953. The molecule has 0 saturated carbocycles. The fourth-order valence-electron chi connectivity index (χ4n) is 2.19. The Bertz CT molecular complexity index is 797. The molecule has 3 aromatic rings. The van der Waals surface area contributed by atoms with Crippen molar-refractivity contribution in [2.75, 3.05) is 0 Å². The second-order valence-electron chi connectivity index (χ2n) is 5.51. The number of aryl methyl sites for hydroxylation is 2. The summed E-state index contributed by atoms with van der Waals surface area (Å²) in [6.07, 6.45) is 4.13. The summed E-state index contributed by atoms with van der Waals surface area (Å²) >= 11 is 0. The molecule has 0 unspecified atom stereocenters. The van der Waals surface area contributed by atoms with E-state index < -0.39 is 0 Å². The quantitative estimate of drug-likeness (QED) is 0.754. The molecule has 3 rings (SSSR count). The SMILES string of the molecule is Cc1ccc(-c2noc(CCC(=O)NCc3ccncc3)n2)cc1. The van der Waals surface area contributed by atoms with Gasteiger partial charge in [0.15, 0.2) is 0 Å². The van der Waals surface area contributed by atoms with Crippen LogP contribution in [0.1, 0.15) is 23.4 Å². The van der Waals surface area contributed by atoms with Gasteiger partial charge in [0.1, 0.15) is 0 Å². The Morgan fingerprint density at radius 2 is 1.88 bits per heavy atom. The van der Waals surface area contributed by atoms with Crippen LogP contribution in [-0.2, 0) is 17.8 Å². The normalized spacial score (nSPS) is 10.5. The van der Waals surface area contributed by atoms with Crippen molar-refractivity contribution in [2.45, 2.75) is 26.3 Å². The molecule has 1 amide bonds. The van der Waals surface area contributed by atoms with Crippen LogP contribution in [0.3, 0.4) is 0 Å². The number of pyridine rings is 1. The first-order valence-electron chi connectivity index (χ1n) is 7.76. The molecule has 0 aliphatic carbocycles. The van der Waals surface area contributed by atoms with E-state index in [1.807, 2.05) is 43.3 Å². The van der Waals surface area contributed by atoms with Crippen molar-refractivity contribution in [3.8, 4) is 11.4 Å². The second kappa shape index (κ2) is 7.50. The zero-order valence-electron chi connectivity index (χ0n) is 13.4. The Morgan fingerprint density at radius 1 is 1.12 bits per heavy atom. The molecule has 0 bridgehead atoms. The van der Waals surface area contributed by atoms with Crippen LogP contribution >= 0.6 is 0 Å². The van der Waals surface area contributed by atoms with E-state index in [4.69, 9.17) is 4.52 Å². The summed E-state index contributed by atoms with van der Waals surface area (Å²) in [7, 11) is 0. The highest BCUT2D eigenvalue weighted by Gasteiger charge is 2.10. The topological polar surface area (TPSA) is 80.9 Å². The van der Waals surface area contributed by atoms with Crippen molar-refractivity contribution in [3.05, 3.63) is 65.8 Å². The van der Waals surface area contributed by atoms with Gasteiger partial charge < -0.3 is 9.84 Å². The average Bonchev–Trinajstić information content (AvgIpc) is 3.09. The maximum absolute atomic E-state index is 11.9. The van der Waals surface area contributed by atoms with E-state index >= 15 is 0 Å². The molecule has 122 valence electrons. The minimum absolute atomic E-state index is 0.0538. The molecular formula is C18H18N4O2. The first-order valence-corrected chi connectivity index (χ1v) is 7.76. The van der Waals surface area contributed by atoms with E-state index in [1.165, 1.54) is 5.56 Å². The largest absolute Gasteiger partial charge is 0.352 e. The number of aromatic nitrogens is 3. The third kappa shape index (κ3) is 4.25. The Labute approximate surface area is 139 Å². The number of nitrogens with one attached hydrogen (secondary N) is 1. The smallest absolute Gasteiger partial charge is 0.227 e. The zero-order chi connectivity index (χ0) is 16.8. The summed E-state index contributed by atoms with van der Waals surface area (Å²) in [5.41, 5.74) is 3.09. The van der Waals surface area contributed by atoms with Crippen LogP contribution in [0, 0.1) is 6.92 Å². The number of benzene rings is 1. The molecule has 2 aromatic heterocycles. The van der Waals surface area contributed by atoms with E-state index in [0.717, 1.165) is 11.1 Å². The number of hydrogen-bond acceptors (Lipinski definition) is 5. The standard InChI is InChI=1S/C18H18N4O2/c1-13-2-4-15(5-3-13)18-21-17(24-22-18)7-6-16(23)20-12-14-8-10-19-11-9-14/h2-5,8-11H,6-7,12H2,1H3,(H,20,23). The van der Waals surface area contributed by atoms with E-state index in [9.17, 15) is 4.79 Å². The van der Waals surface area contributed by atoms with Crippen LogP contribution in [-0.4, -0.2) is 21.0 Å². The Balaban J connectivity index is 1.50. The van der Waals surface area contributed by atoms with Crippen molar-refractivity contribution < 1.29 is 9.32 Å². The van der Waals surface area contributed by atoms with Crippen LogP contribution in [0.2, 0.25) is 0 Å². The van der Waals surface area contributed by atoms with Gasteiger partial charge in [-0.05, 0) is 24.6 Å². The van der Waals surface area contributed by atoms with Gasteiger partial charge in [-0.1, -0.05) is 35.0 Å². The molecule has 0 aliphatic rings. The summed E-state index contributed by atoms with van der Waals surface area (Å²) in [6, 6.07) is 11.6. The molecule has 1 N–H and O–H groups in total. The van der Waals surface area contributed by atoms with Gasteiger partial charge in [0.2, 0.25) is 17.6 Å². The monoisotopic (exact) mass is 322 g/mol. The van der Waals surface area contributed by atoms with Crippen LogP contribution in [0.15, 0.2) is 53.3 Å². The molecule has 0 aliphatic heterocycles. The van der Waals surface area contributed by atoms with Crippen LogP contribution < -0.4 is 5.32 Å². The number of rotatable bonds is 6. The highest BCUT2D eigenvalue weighted by molar-refractivity contribution is 5.76. The molecule has 6 heteroatoms. The molecule has 1 aromatic carbocycles. The minimum atomic E-state index is -0.0538. The molecule has 0 fully saturated rings. The molecular weight excluding hydrogens is 304 g/mol. The van der Waals surface area contributed by atoms with Crippen molar-refractivity contribution >= 4 is 5.91 Å². The van der Waals surface area contributed by atoms with Gasteiger partial charge in [-0.25, -0.2) is 0 Å². The Kier molecular flexibility index (Phi) is 4.96. The van der Waals surface area contributed by atoms with Crippen molar-refractivity contribution in [2.24, 2.45) is 0 Å². The van der Waals surface area contributed by atoms with Crippen LogP contribution in [0.25, 0.3) is 11.4 Å². The summed E-state index contributed by atoms with van der Waals surface area (Å²) in [6.45, 7) is 2.51. The number of hydrogen-bond donors (Lipinski definition) is 1. The lowest BCUT2D eigenvalue weighted by molar-refractivity contribution is -0.121. The maximum Gasteiger partial charge on any atom is 0.227 e.